The maximum absolute atomic E-state index is 12.0. The molecule has 0 amide bonds. The van der Waals surface area contributed by atoms with Crippen LogP contribution in [0.3, 0.4) is 0 Å². The Hall–Kier alpha value is -1.80. The lowest BCUT2D eigenvalue weighted by Gasteiger charge is -2.18. The van der Waals surface area contributed by atoms with E-state index in [1.54, 1.807) is 0 Å². The second-order valence-corrected chi connectivity index (χ2v) is 6.21. The summed E-state index contributed by atoms with van der Waals surface area (Å²) in [6.07, 6.45) is 4.21. The van der Waals surface area contributed by atoms with Crippen LogP contribution in [0.15, 0.2) is 60.7 Å². The number of benzene rings is 2. The van der Waals surface area contributed by atoms with E-state index >= 15 is 0 Å². The van der Waals surface area contributed by atoms with Crippen molar-refractivity contribution in [1.82, 2.24) is 0 Å². The van der Waals surface area contributed by atoms with Gasteiger partial charge < -0.3 is 0 Å². The summed E-state index contributed by atoms with van der Waals surface area (Å²) in [6.45, 7) is 2.10. The quantitative estimate of drug-likeness (QED) is 0.796. The first-order chi connectivity index (χ1) is 9.19. The van der Waals surface area contributed by atoms with Gasteiger partial charge in [-0.1, -0.05) is 78.5 Å². The molecule has 0 aromatic heterocycles. The van der Waals surface area contributed by atoms with Crippen molar-refractivity contribution in [3.8, 4) is 0 Å². The summed E-state index contributed by atoms with van der Waals surface area (Å²) in [5, 5.41) is 0.163. The third-order valence-corrected chi connectivity index (χ3v) is 4.57. The number of hydrogen-bond acceptors (Lipinski definition) is 2. The van der Waals surface area contributed by atoms with Crippen LogP contribution in [0.25, 0.3) is 6.08 Å². The molecule has 19 heavy (non-hydrogen) atoms. The highest BCUT2D eigenvalue weighted by Gasteiger charge is 2.38. The first-order valence-corrected chi connectivity index (χ1v) is 7.08. The molecule has 0 N–H and O–H groups in total. The molecule has 3 rings (SSSR count). The third-order valence-electron chi connectivity index (χ3n) is 3.38. The molecule has 0 aliphatic carbocycles. The van der Waals surface area contributed by atoms with E-state index in [0.29, 0.717) is 0 Å². The van der Waals surface area contributed by atoms with E-state index in [1.807, 2.05) is 42.5 Å². The zero-order valence-electron chi connectivity index (χ0n) is 10.7. The molecule has 1 nitrogen and oxygen atoms in total. The molecule has 1 aliphatic rings. The van der Waals surface area contributed by atoms with E-state index in [-0.39, 0.29) is 9.86 Å². The third kappa shape index (κ3) is 2.24. The molecule has 2 aromatic carbocycles. The van der Waals surface area contributed by atoms with Gasteiger partial charge in [-0.3, -0.25) is 4.79 Å². The van der Waals surface area contributed by atoms with Crippen LogP contribution in [0.1, 0.15) is 28.4 Å². The molecule has 0 saturated carbocycles. The van der Waals surface area contributed by atoms with Crippen LogP contribution in [0.2, 0.25) is 0 Å². The maximum Gasteiger partial charge on any atom is 0.220 e. The Labute approximate surface area is 117 Å². The standard InChI is InChI=1S/C17H14OS/c1-17(12-11-13-7-3-2-4-8-13)15-10-6-5-9-14(15)16(18)19-17/h2-12H,1H3/b12-11+. The fourth-order valence-electron chi connectivity index (χ4n) is 2.34. The minimum atomic E-state index is -0.260. The number of rotatable bonds is 2. The SMILES string of the molecule is CC1(/C=C/c2ccccc2)SC(=O)c2ccccc21. The minimum Gasteiger partial charge on any atom is -0.282 e. The van der Waals surface area contributed by atoms with Gasteiger partial charge in [0.15, 0.2) is 0 Å². The summed E-state index contributed by atoms with van der Waals surface area (Å²) in [5.74, 6) is 0. The van der Waals surface area contributed by atoms with E-state index in [0.717, 1.165) is 16.7 Å². The van der Waals surface area contributed by atoms with Crippen LogP contribution in [-0.4, -0.2) is 5.12 Å². The van der Waals surface area contributed by atoms with Gasteiger partial charge >= 0.3 is 0 Å². The first-order valence-electron chi connectivity index (χ1n) is 6.26. The van der Waals surface area contributed by atoms with Crippen LogP contribution in [0, 0.1) is 0 Å². The van der Waals surface area contributed by atoms with Gasteiger partial charge in [-0.05, 0) is 18.1 Å². The lowest BCUT2D eigenvalue weighted by atomic mass is 9.95. The Balaban J connectivity index is 1.98. The van der Waals surface area contributed by atoms with Gasteiger partial charge in [-0.25, -0.2) is 0 Å². The molecule has 2 heteroatoms. The second-order valence-electron chi connectivity index (χ2n) is 4.79. The van der Waals surface area contributed by atoms with Crippen molar-refractivity contribution >= 4 is 23.0 Å². The summed E-state index contributed by atoms with van der Waals surface area (Å²) in [7, 11) is 0. The molecule has 94 valence electrons. The average molecular weight is 266 g/mol. The largest absolute Gasteiger partial charge is 0.282 e. The van der Waals surface area contributed by atoms with Gasteiger partial charge in [0, 0.05) is 5.56 Å². The molecular weight excluding hydrogens is 252 g/mol. The lowest BCUT2D eigenvalue weighted by Crippen LogP contribution is -2.09. The number of carbonyl (C=O) groups is 1. The zero-order chi connectivity index (χ0) is 13.3. The van der Waals surface area contributed by atoms with Crippen molar-refractivity contribution in [1.29, 1.82) is 0 Å². The predicted octanol–water partition coefficient (Wildman–Crippen LogP) is 4.50. The van der Waals surface area contributed by atoms with Gasteiger partial charge in [0.1, 0.15) is 0 Å². The van der Waals surface area contributed by atoms with E-state index in [1.165, 1.54) is 11.8 Å². The summed E-state index contributed by atoms with van der Waals surface area (Å²) in [5.41, 5.74) is 3.10. The van der Waals surface area contributed by atoms with Gasteiger partial charge in [-0.15, -0.1) is 0 Å². The smallest absolute Gasteiger partial charge is 0.220 e. The normalized spacial score (nSPS) is 21.8. The molecular formula is C17H14OS. The Morgan fingerprint density at radius 1 is 1.00 bits per heavy atom. The predicted molar refractivity (Wildman–Crippen MR) is 81.2 cm³/mol. The molecule has 1 atom stereocenters. The Morgan fingerprint density at radius 2 is 1.68 bits per heavy atom. The molecule has 0 saturated heterocycles. The molecule has 0 radical (unpaired) electrons. The summed E-state index contributed by atoms with van der Waals surface area (Å²) in [4.78, 5) is 12.0. The lowest BCUT2D eigenvalue weighted by molar-refractivity contribution is 0.109. The zero-order valence-corrected chi connectivity index (χ0v) is 11.5. The van der Waals surface area contributed by atoms with Crippen molar-refractivity contribution < 1.29 is 4.79 Å². The van der Waals surface area contributed by atoms with Crippen LogP contribution in [0.4, 0.5) is 0 Å². The van der Waals surface area contributed by atoms with Crippen LogP contribution >= 0.6 is 11.8 Å². The second kappa shape index (κ2) is 4.71. The topological polar surface area (TPSA) is 17.1 Å². The van der Waals surface area contributed by atoms with E-state index < -0.39 is 0 Å². The number of carbonyl (C=O) groups excluding carboxylic acids is 1. The highest BCUT2D eigenvalue weighted by atomic mass is 32.2. The van der Waals surface area contributed by atoms with Gasteiger partial charge in [-0.2, -0.15) is 0 Å². The molecule has 0 bridgehead atoms. The average Bonchev–Trinajstić information content (AvgIpc) is 2.71. The Bertz CT molecular complexity index is 645. The van der Waals surface area contributed by atoms with Crippen molar-refractivity contribution in [2.24, 2.45) is 0 Å². The van der Waals surface area contributed by atoms with Crippen LogP contribution < -0.4 is 0 Å². The minimum absolute atomic E-state index is 0.163. The fraction of sp³-hybridized carbons (Fsp3) is 0.118. The van der Waals surface area contributed by atoms with E-state index in [9.17, 15) is 4.79 Å². The van der Waals surface area contributed by atoms with E-state index in [4.69, 9.17) is 0 Å². The Morgan fingerprint density at radius 3 is 2.47 bits per heavy atom. The number of fused-ring (bicyclic) bond motifs is 1. The summed E-state index contributed by atoms with van der Waals surface area (Å²) >= 11 is 1.39. The van der Waals surface area contributed by atoms with Crippen molar-refractivity contribution in [2.45, 2.75) is 11.7 Å². The fourth-order valence-corrected chi connectivity index (χ4v) is 3.44. The van der Waals surface area contributed by atoms with Crippen LogP contribution in [-0.2, 0) is 4.75 Å². The van der Waals surface area contributed by atoms with Gasteiger partial charge in [0.25, 0.3) is 0 Å². The van der Waals surface area contributed by atoms with Crippen molar-refractivity contribution in [3.63, 3.8) is 0 Å². The van der Waals surface area contributed by atoms with E-state index in [2.05, 4.69) is 31.2 Å². The number of thioether (sulfide) groups is 1. The molecule has 1 unspecified atom stereocenters. The molecule has 0 spiro atoms. The first kappa shape index (κ1) is 12.2. The van der Waals surface area contributed by atoms with Crippen molar-refractivity contribution in [2.75, 3.05) is 0 Å². The van der Waals surface area contributed by atoms with Crippen molar-refractivity contribution in [3.05, 3.63) is 77.4 Å². The summed E-state index contributed by atoms with van der Waals surface area (Å²) < 4.78 is -0.260. The maximum atomic E-state index is 12.0. The van der Waals surface area contributed by atoms with Gasteiger partial charge in [0.2, 0.25) is 5.12 Å². The Kier molecular flexibility index (Phi) is 3.03. The number of hydrogen-bond donors (Lipinski definition) is 0. The molecule has 1 heterocycles. The van der Waals surface area contributed by atoms with Gasteiger partial charge in [0.05, 0.1) is 4.75 Å². The van der Waals surface area contributed by atoms with Crippen LogP contribution in [0.5, 0.6) is 0 Å². The molecule has 0 fully saturated rings. The highest BCUT2D eigenvalue weighted by Crippen LogP contribution is 2.47. The molecule has 2 aromatic rings. The molecule has 1 aliphatic heterocycles. The summed E-state index contributed by atoms with van der Waals surface area (Å²) in [6, 6.07) is 18.0. The monoisotopic (exact) mass is 266 g/mol. The highest BCUT2D eigenvalue weighted by molar-refractivity contribution is 8.15.